The third-order valence-corrected chi connectivity index (χ3v) is 4.38. The molecule has 1 aromatic rings. The molecule has 6 nitrogen and oxygen atoms in total. The third-order valence-electron chi connectivity index (χ3n) is 3.57. The van der Waals surface area contributed by atoms with Gasteiger partial charge in [0.05, 0.1) is 21.0 Å². The van der Waals surface area contributed by atoms with Gasteiger partial charge in [-0.3, -0.25) is 14.4 Å². The van der Waals surface area contributed by atoms with Gasteiger partial charge in [-0.1, -0.05) is 29.3 Å². The molecule has 1 unspecified atom stereocenters. The molecule has 0 aromatic heterocycles. The van der Waals surface area contributed by atoms with Crippen LogP contribution in [0.5, 0.6) is 0 Å². The van der Waals surface area contributed by atoms with E-state index in [4.69, 9.17) is 28.3 Å². The maximum Gasteiger partial charge on any atom is 0.309 e. The second-order valence-electron chi connectivity index (χ2n) is 6.03. The molecule has 2 amide bonds. The first-order valence-corrected chi connectivity index (χ1v) is 8.08. The Labute approximate surface area is 150 Å². The smallest absolute Gasteiger partial charge is 0.309 e. The van der Waals surface area contributed by atoms with Crippen molar-refractivity contribution in [2.75, 3.05) is 6.54 Å². The van der Waals surface area contributed by atoms with Crippen LogP contribution < -0.4 is 10.6 Å². The summed E-state index contributed by atoms with van der Waals surface area (Å²) in [6.07, 6.45) is 0.273. The standard InChI is InChI=1S/C16H20Cl2N2O4/c1-9(13(21)19-8-7-16(2,3)15(23)24)20-14(22)10-5-4-6-11(17)12(10)18/h4-6,9H,7-8H2,1-3H3,(H,19,21)(H,20,22)(H,23,24). The molecular formula is C16H20Cl2N2O4. The largest absolute Gasteiger partial charge is 0.481 e. The van der Waals surface area contributed by atoms with Crippen molar-refractivity contribution in [3.63, 3.8) is 0 Å². The average molecular weight is 375 g/mol. The molecule has 1 rings (SSSR count). The number of halogens is 2. The summed E-state index contributed by atoms with van der Waals surface area (Å²) >= 11 is 11.8. The number of aliphatic carboxylic acids is 1. The van der Waals surface area contributed by atoms with Crippen molar-refractivity contribution < 1.29 is 19.5 Å². The molecule has 1 atom stereocenters. The maximum atomic E-state index is 12.1. The number of hydrogen-bond donors (Lipinski definition) is 3. The minimum Gasteiger partial charge on any atom is -0.481 e. The van der Waals surface area contributed by atoms with Crippen molar-refractivity contribution in [1.82, 2.24) is 10.6 Å². The first-order valence-electron chi connectivity index (χ1n) is 7.32. The van der Waals surface area contributed by atoms with Gasteiger partial charge in [0.15, 0.2) is 0 Å². The van der Waals surface area contributed by atoms with Crippen LogP contribution in [0.4, 0.5) is 0 Å². The van der Waals surface area contributed by atoms with Crippen LogP contribution in [-0.2, 0) is 9.59 Å². The van der Waals surface area contributed by atoms with Crippen molar-refractivity contribution in [2.24, 2.45) is 5.41 Å². The van der Waals surface area contributed by atoms with Gasteiger partial charge < -0.3 is 15.7 Å². The summed E-state index contributed by atoms with van der Waals surface area (Å²) < 4.78 is 0. The Bertz CT molecular complexity index is 647. The first-order chi connectivity index (χ1) is 11.1. The van der Waals surface area contributed by atoms with Gasteiger partial charge in [-0.15, -0.1) is 0 Å². The van der Waals surface area contributed by atoms with E-state index in [1.165, 1.54) is 13.0 Å². The normalized spacial score (nSPS) is 12.4. The van der Waals surface area contributed by atoms with E-state index >= 15 is 0 Å². The highest BCUT2D eigenvalue weighted by Crippen LogP contribution is 2.25. The van der Waals surface area contributed by atoms with Gasteiger partial charge in [0, 0.05) is 6.54 Å². The molecule has 0 radical (unpaired) electrons. The second-order valence-corrected chi connectivity index (χ2v) is 6.81. The van der Waals surface area contributed by atoms with Crippen LogP contribution >= 0.6 is 23.2 Å². The number of carbonyl (C=O) groups excluding carboxylic acids is 2. The number of carboxylic acid groups (broad SMARTS) is 1. The minimum atomic E-state index is -0.936. The Kier molecular flexibility index (Phi) is 7.05. The average Bonchev–Trinajstić information content (AvgIpc) is 2.49. The van der Waals surface area contributed by atoms with Gasteiger partial charge in [0.1, 0.15) is 6.04 Å². The lowest BCUT2D eigenvalue weighted by molar-refractivity contribution is -0.147. The molecule has 0 fully saturated rings. The molecule has 132 valence electrons. The summed E-state index contributed by atoms with van der Waals surface area (Å²) in [4.78, 5) is 35.1. The number of hydrogen-bond acceptors (Lipinski definition) is 3. The lowest BCUT2D eigenvalue weighted by Crippen LogP contribution is -2.45. The number of benzene rings is 1. The lowest BCUT2D eigenvalue weighted by Gasteiger charge is -2.20. The number of amides is 2. The zero-order valence-corrected chi connectivity index (χ0v) is 15.2. The van der Waals surface area contributed by atoms with Crippen LogP contribution in [0.2, 0.25) is 10.0 Å². The molecular weight excluding hydrogens is 355 g/mol. The molecule has 0 aliphatic rings. The van der Waals surface area contributed by atoms with Gasteiger partial charge >= 0.3 is 5.97 Å². The molecule has 0 aliphatic heterocycles. The Morgan fingerprint density at radius 2 is 1.88 bits per heavy atom. The highest BCUT2D eigenvalue weighted by atomic mass is 35.5. The zero-order valence-electron chi connectivity index (χ0n) is 13.7. The summed E-state index contributed by atoms with van der Waals surface area (Å²) in [6, 6.07) is 3.84. The van der Waals surface area contributed by atoms with E-state index in [2.05, 4.69) is 10.6 Å². The van der Waals surface area contributed by atoms with E-state index in [1.807, 2.05) is 0 Å². The van der Waals surface area contributed by atoms with Crippen molar-refractivity contribution in [3.05, 3.63) is 33.8 Å². The van der Waals surface area contributed by atoms with E-state index < -0.39 is 29.2 Å². The summed E-state index contributed by atoms with van der Waals surface area (Å²) in [7, 11) is 0. The van der Waals surface area contributed by atoms with Gasteiger partial charge in [0.25, 0.3) is 5.91 Å². The quantitative estimate of drug-likeness (QED) is 0.683. The van der Waals surface area contributed by atoms with Gasteiger partial charge in [-0.05, 0) is 39.3 Å². The summed E-state index contributed by atoms with van der Waals surface area (Å²) in [5.41, 5.74) is -0.760. The fourth-order valence-electron chi connectivity index (χ4n) is 1.78. The van der Waals surface area contributed by atoms with Crippen molar-refractivity contribution in [3.8, 4) is 0 Å². The van der Waals surface area contributed by atoms with Crippen LogP contribution in [0, 0.1) is 5.41 Å². The SMILES string of the molecule is CC(NC(=O)c1cccc(Cl)c1Cl)C(=O)NCCC(C)(C)C(=O)O. The summed E-state index contributed by atoms with van der Waals surface area (Å²) in [5.74, 6) is -1.87. The van der Waals surface area contributed by atoms with Crippen LogP contribution in [-0.4, -0.2) is 35.5 Å². The number of carboxylic acids is 1. The molecule has 3 N–H and O–H groups in total. The zero-order chi connectivity index (χ0) is 18.5. The summed E-state index contributed by atoms with van der Waals surface area (Å²) in [6.45, 7) is 4.87. The van der Waals surface area contributed by atoms with E-state index in [1.54, 1.807) is 26.0 Å². The fraction of sp³-hybridized carbons (Fsp3) is 0.438. The monoisotopic (exact) mass is 374 g/mol. The Morgan fingerprint density at radius 1 is 1.25 bits per heavy atom. The van der Waals surface area contributed by atoms with E-state index in [9.17, 15) is 14.4 Å². The lowest BCUT2D eigenvalue weighted by atomic mass is 9.90. The molecule has 0 bridgehead atoms. The Balaban J connectivity index is 2.57. The first kappa shape index (κ1) is 20.3. The highest BCUT2D eigenvalue weighted by molar-refractivity contribution is 6.43. The van der Waals surface area contributed by atoms with Gasteiger partial charge in [-0.25, -0.2) is 0 Å². The van der Waals surface area contributed by atoms with E-state index in [-0.39, 0.29) is 28.6 Å². The van der Waals surface area contributed by atoms with E-state index in [0.29, 0.717) is 0 Å². The highest BCUT2D eigenvalue weighted by Gasteiger charge is 2.27. The molecule has 0 saturated carbocycles. The van der Waals surface area contributed by atoms with Gasteiger partial charge in [0.2, 0.25) is 5.91 Å². The van der Waals surface area contributed by atoms with Crippen LogP contribution in [0.1, 0.15) is 37.6 Å². The Morgan fingerprint density at radius 3 is 2.46 bits per heavy atom. The molecule has 0 heterocycles. The molecule has 0 saturated heterocycles. The maximum absolute atomic E-state index is 12.1. The predicted octanol–water partition coefficient (Wildman–Crippen LogP) is 2.73. The van der Waals surface area contributed by atoms with Crippen LogP contribution in [0.3, 0.4) is 0 Å². The number of nitrogens with one attached hydrogen (secondary N) is 2. The summed E-state index contributed by atoms with van der Waals surface area (Å²) in [5, 5.41) is 14.5. The Hall–Kier alpha value is -1.79. The molecule has 24 heavy (non-hydrogen) atoms. The van der Waals surface area contributed by atoms with Crippen molar-refractivity contribution >= 4 is 41.0 Å². The van der Waals surface area contributed by atoms with Crippen LogP contribution in [0.15, 0.2) is 18.2 Å². The molecule has 1 aromatic carbocycles. The molecule has 0 aliphatic carbocycles. The molecule has 8 heteroatoms. The minimum absolute atomic E-state index is 0.118. The number of carbonyl (C=O) groups is 3. The van der Waals surface area contributed by atoms with Crippen molar-refractivity contribution in [2.45, 2.75) is 33.2 Å². The number of rotatable bonds is 7. The predicted molar refractivity (Wildman–Crippen MR) is 92.4 cm³/mol. The van der Waals surface area contributed by atoms with Crippen molar-refractivity contribution in [1.29, 1.82) is 0 Å². The van der Waals surface area contributed by atoms with E-state index in [0.717, 1.165) is 0 Å². The second kappa shape index (κ2) is 8.35. The topological polar surface area (TPSA) is 95.5 Å². The third kappa shape index (κ3) is 5.39. The van der Waals surface area contributed by atoms with Gasteiger partial charge in [-0.2, -0.15) is 0 Å². The van der Waals surface area contributed by atoms with Crippen LogP contribution in [0.25, 0.3) is 0 Å². The fourth-order valence-corrected chi connectivity index (χ4v) is 2.16. The molecule has 0 spiro atoms.